The van der Waals surface area contributed by atoms with Crippen LogP contribution in [0.1, 0.15) is 13.3 Å². The highest BCUT2D eigenvalue weighted by molar-refractivity contribution is 6.29. The minimum Gasteiger partial charge on any atom is -0.243 e. The van der Waals surface area contributed by atoms with Crippen LogP contribution in [0, 0.1) is 0 Å². The van der Waals surface area contributed by atoms with E-state index in [4.69, 9.17) is 11.6 Å². The quantitative estimate of drug-likeness (QED) is 0.692. The van der Waals surface area contributed by atoms with E-state index in [-0.39, 0.29) is 0 Å². The van der Waals surface area contributed by atoms with E-state index in [2.05, 4.69) is 27.2 Å². The molecule has 2 aromatic heterocycles. The molecule has 0 atom stereocenters. The van der Waals surface area contributed by atoms with Crippen LogP contribution in [0.2, 0.25) is 5.15 Å². The summed E-state index contributed by atoms with van der Waals surface area (Å²) in [4.78, 5) is 8.89. The SMILES string of the molecule is CCCn1nncc1-c1cc(Cl)nc(-c2ccccc2)n1. The Morgan fingerprint density at radius 2 is 1.95 bits per heavy atom. The van der Waals surface area contributed by atoms with Gasteiger partial charge in [-0.25, -0.2) is 14.6 Å². The predicted molar refractivity (Wildman–Crippen MR) is 81.8 cm³/mol. The summed E-state index contributed by atoms with van der Waals surface area (Å²) < 4.78 is 1.83. The lowest BCUT2D eigenvalue weighted by Gasteiger charge is -2.07. The van der Waals surface area contributed by atoms with Crippen molar-refractivity contribution in [3.63, 3.8) is 0 Å². The summed E-state index contributed by atoms with van der Waals surface area (Å²) in [5.74, 6) is 0.599. The fraction of sp³-hybridized carbons (Fsp3) is 0.200. The molecule has 2 heterocycles. The minimum atomic E-state index is 0.406. The minimum absolute atomic E-state index is 0.406. The predicted octanol–water partition coefficient (Wildman–Crippen LogP) is 3.47. The largest absolute Gasteiger partial charge is 0.243 e. The maximum Gasteiger partial charge on any atom is 0.161 e. The van der Waals surface area contributed by atoms with Crippen molar-refractivity contribution in [2.75, 3.05) is 0 Å². The number of halogens is 1. The molecule has 0 spiro atoms. The molecule has 0 unspecified atom stereocenters. The fourth-order valence-corrected chi connectivity index (χ4v) is 2.28. The van der Waals surface area contributed by atoms with Gasteiger partial charge in [-0.1, -0.05) is 54.1 Å². The average Bonchev–Trinajstić information content (AvgIpc) is 2.96. The molecule has 3 aromatic rings. The van der Waals surface area contributed by atoms with E-state index in [9.17, 15) is 0 Å². The Labute approximate surface area is 127 Å². The first kappa shape index (κ1) is 13.7. The summed E-state index contributed by atoms with van der Waals surface area (Å²) >= 11 is 6.15. The Kier molecular flexibility index (Phi) is 3.92. The van der Waals surface area contributed by atoms with Crippen LogP contribution in [0.3, 0.4) is 0 Å². The van der Waals surface area contributed by atoms with Gasteiger partial charge in [-0.05, 0) is 6.42 Å². The molecule has 0 aliphatic carbocycles. The molecule has 0 amide bonds. The van der Waals surface area contributed by atoms with Gasteiger partial charge >= 0.3 is 0 Å². The van der Waals surface area contributed by atoms with Crippen molar-refractivity contribution in [2.45, 2.75) is 19.9 Å². The van der Waals surface area contributed by atoms with Gasteiger partial charge in [0, 0.05) is 18.2 Å². The van der Waals surface area contributed by atoms with E-state index < -0.39 is 0 Å². The van der Waals surface area contributed by atoms with Gasteiger partial charge < -0.3 is 0 Å². The number of hydrogen-bond acceptors (Lipinski definition) is 4. The number of rotatable bonds is 4. The highest BCUT2D eigenvalue weighted by Gasteiger charge is 2.12. The molecule has 0 bridgehead atoms. The van der Waals surface area contributed by atoms with Crippen LogP contribution < -0.4 is 0 Å². The summed E-state index contributed by atoms with van der Waals surface area (Å²) in [6.45, 7) is 2.88. The average molecular weight is 300 g/mol. The zero-order chi connectivity index (χ0) is 14.7. The van der Waals surface area contributed by atoms with Crippen LogP contribution in [0.15, 0.2) is 42.6 Å². The Hall–Kier alpha value is -2.27. The second-order valence-corrected chi connectivity index (χ2v) is 5.00. The molecule has 0 aliphatic rings. The van der Waals surface area contributed by atoms with E-state index in [1.165, 1.54) is 0 Å². The van der Waals surface area contributed by atoms with Crippen molar-refractivity contribution in [1.82, 2.24) is 25.0 Å². The molecule has 0 aliphatic heterocycles. The maximum absolute atomic E-state index is 6.15. The molecular weight excluding hydrogens is 286 g/mol. The van der Waals surface area contributed by atoms with E-state index in [1.807, 2.05) is 35.0 Å². The van der Waals surface area contributed by atoms with Crippen LogP contribution in [0.25, 0.3) is 22.8 Å². The summed E-state index contributed by atoms with van der Waals surface area (Å²) in [7, 11) is 0. The number of aromatic nitrogens is 5. The smallest absolute Gasteiger partial charge is 0.161 e. The van der Waals surface area contributed by atoms with Gasteiger partial charge in [0.2, 0.25) is 0 Å². The van der Waals surface area contributed by atoms with Gasteiger partial charge in [0.05, 0.1) is 11.9 Å². The van der Waals surface area contributed by atoms with Crippen molar-refractivity contribution < 1.29 is 0 Å². The highest BCUT2D eigenvalue weighted by atomic mass is 35.5. The molecule has 5 nitrogen and oxygen atoms in total. The highest BCUT2D eigenvalue weighted by Crippen LogP contribution is 2.23. The molecule has 0 radical (unpaired) electrons. The molecule has 0 saturated heterocycles. The third-order valence-electron chi connectivity index (χ3n) is 3.04. The van der Waals surface area contributed by atoms with Crippen LogP contribution in [0.4, 0.5) is 0 Å². The van der Waals surface area contributed by atoms with Crippen LogP contribution in [-0.4, -0.2) is 25.0 Å². The Morgan fingerprint density at radius 3 is 2.71 bits per heavy atom. The van der Waals surface area contributed by atoms with Crippen molar-refractivity contribution >= 4 is 11.6 Å². The van der Waals surface area contributed by atoms with E-state index in [1.54, 1.807) is 12.3 Å². The van der Waals surface area contributed by atoms with Crippen molar-refractivity contribution in [3.8, 4) is 22.8 Å². The summed E-state index contributed by atoms with van der Waals surface area (Å²) in [5.41, 5.74) is 2.50. The molecule has 106 valence electrons. The topological polar surface area (TPSA) is 56.5 Å². The first-order chi connectivity index (χ1) is 10.3. The molecule has 6 heteroatoms. The summed E-state index contributed by atoms with van der Waals surface area (Å²) in [5, 5.41) is 8.44. The van der Waals surface area contributed by atoms with Crippen molar-refractivity contribution in [1.29, 1.82) is 0 Å². The normalized spacial score (nSPS) is 10.8. The Morgan fingerprint density at radius 1 is 1.14 bits per heavy atom. The molecule has 0 saturated carbocycles. The van der Waals surface area contributed by atoms with E-state index in [0.717, 1.165) is 29.9 Å². The molecular formula is C15H14ClN5. The van der Waals surface area contributed by atoms with E-state index >= 15 is 0 Å². The van der Waals surface area contributed by atoms with Crippen LogP contribution in [0.5, 0.6) is 0 Å². The first-order valence-corrected chi connectivity index (χ1v) is 7.14. The molecule has 0 N–H and O–H groups in total. The van der Waals surface area contributed by atoms with Gasteiger partial charge in [-0.2, -0.15) is 0 Å². The lowest BCUT2D eigenvalue weighted by Crippen LogP contribution is -2.03. The third kappa shape index (κ3) is 2.92. The van der Waals surface area contributed by atoms with E-state index in [0.29, 0.717) is 11.0 Å². The Bertz CT molecular complexity index is 739. The second-order valence-electron chi connectivity index (χ2n) is 4.61. The van der Waals surface area contributed by atoms with Crippen LogP contribution >= 0.6 is 11.6 Å². The summed E-state index contributed by atoms with van der Waals surface area (Å²) in [6, 6.07) is 11.5. The number of hydrogen-bond donors (Lipinski definition) is 0. The molecule has 21 heavy (non-hydrogen) atoms. The Balaban J connectivity index is 2.08. The van der Waals surface area contributed by atoms with Crippen molar-refractivity contribution in [2.24, 2.45) is 0 Å². The lowest BCUT2D eigenvalue weighted by molar-refractivity contribution is 0.583. The van der Waals surface area contributed by atoms with Crippen molar-refractivity contribution in [3.05, 3.63) is 47.7 Å². The zero-order valence-electron chi connectivity index (χ0n) is 11.6. The molecule has 1 aromatic carbocycles. The number of nitrogens with zero attached hydrogens (tertiary/aromatic N) is 5. The monoisotopic (exact) mass is 299 g/mol. The maximum atomic E-state index is 6.15. The fourth-order valence-electron chi connectivity index (χ4n) is 2.10. The standard InChI is InChI=1S/C15H14ClN5/c1-2-8-21-13(10-17-20-21)12-9-14(16)19-15(18-12)11-6-4-3-5-7-11/h3-7,9-10H,2,8H2,1H3. The number of aryl methyl sites for hydroxylation is 1. The van der Waals surface area contributed by atoms with Gasteiger partial charge in [0.1, 0.15) is 10.8 Å². The van der Waals surface area contributed by atoms with Gasteiger partial charge in [0.25, 0.3) is 0 Å². The first-order valence-electron chi connectivity index (χ1n) is 6.77. The second kappa shape index (κ2) is 6.01. The third-order valence-corrected chi connectivity index (χ3v) is 3.24. The van der Waals surface area contributed by atoms with Crippen LogP contribution in [-0.2, 0) is 6.54 Å². The zero-order valence-corrected chi connectivity index (χ0v) is 12.3. The molecule has 0 fully saturated rings. The van der Waals surface area contributed by atoms with Gasteiger partial charge in [-0.3, -0.25) is 0 Å². The lowest BCUT2D eigenvalue weighted by atomic mass is 10.2. The number of benzene rings is 1. The molecule has 3 rings (SSSR count). The summed E-state index contributed by atoms with van der Waals surface area (Å²) in [6.07, 6.45) is 2.67. The van der Waals surface area contributed by atoms with Gasteiger partial charge in [-0.15, -0.1) is 5.10 Å². The van der Waals surface area contributed by atoms with Gasteiger partial charge in [0.15, 0.2) is 5.82 Å².